The van der Waals surface area contributed by atoms with E-state index in [2.05, 4.69) is 22.1 Å². The quantitative estimate of drug-likeness (QED) is 0.828. The minimum absolute atomic E-state index is 0.0212. The predicted molar refractivity (Wildman–Crippen MR) is 65.4 cm³/mol. The van der Waals surface area contributed by atoms with E-state index in [-0.39, 0.29) is 6.61 Å². The molecule has 1 aliphatic heterocycles. The summed E-state index contributed by atoms with van der Waals surface area (Å²) in [6, 6.07) is 0. The van der Waals surface area contributed by atoms with E-state index in [0.717, 1.165) is 6.54 Å². The second-order valence-corrected chi connectivity index (χ2v) is 4.90. The molecule has 1 saturated heterocycles. The van der Waals surface area contributed by atoms with Crippen LogP contribution in [0.15, 0.2) is 6.20 Å². The molecule has 0 aliphatic carbocycles. The minimum atomic E-state index is -0.0212. The number of aliphatic hydroxyl groups is 1. The van der Waals surface area contributed by atoms with Crippen LogP contribution in [0, 0.1) is 5.92 Å². The highest BCUT2D eigenvalue weighted by Crippen LogP contribution is 2.18. The Hall–Kier alpha value is -0.940. The fourth-order valence-corrected chi connectivity index (χ4v) is 2.58. The van der Waals surface area contributed by atoms with Crippen LogP contribution in [0.3, 0.4) is 0 Å². The zero-order valence-electron chi connectivity index (χ0n) is 10.5. The normalized spacial score (nSPS) is 21.9. The molecule has 1 fully saturated rings. The predicted octanol–water partition coefficient (Wildman–Crippen LogP) is 0.892. The van der Waals surface area contributed by atoms with Gasteiger partial charge in [-0.3, -0.25) is 4.68 Å². The van der Waals surface area contributed by atoms with Crippen molar-refractivity contribution in [2.45, 2.75) is 39.3 Å². The van der Waals surface area contributed by atoms with Crippen molar-refractivity contribution < 1.29 is 5.11 Å². The molecule has 17 heavy (non-hydrogen) atoms. The molecule has 1 aliphatic rings. The number of hydrogen-bond donors (Lipinski definition) is 1. The largest absolute Gasteiger partial charge is 0.390 e. The van der Waals surface area contributed by atoms with Crippen molar-refractivity contribution in [2.75, 3.05) is 19.6 Å². The lowest BCUT2D eigenvalue weighted by Gasteiger charge is -2.32. The third-order valence-electron chi connectivity index (χ3n) is 3.34. The second-order valence-electron chi connectivity index (χ2n) is 4.90. The summed E-state index contributed by atoms with van der Waals surface area (Å²) in [7, 11) is 0. The molecule has 0 bridgehead atoms. The molecule has 1 atom stereocenters. The Bertz CT molecular complexity index is 337. The highest BCUT2D eigenvalue weighted by molar-refractivity contribution is 4.89. The Labute approximate surface area is 102 Å². The molecular formula is C12H22N4O. The fraction of sp³-hybridized carbons (Fsp3) is 0.833. The van der Waals surface area contributed by atoms with Gasteiger partial charge in [0, 0.05) is 13.1 Å². The molecular weight excluding hydrogens is 216 g/mol. The molecule has 0 saturated carbocycles. The van der Waals surface area contributed by atoms with E-state index in [1.807, 2.05) is 10.9 Å². The fourth-order valence-electron chi connectivity index (χ4n) is 2.58. The van der Waals surface area contributed by atoms with E-state index in [4.69, 9.17) is 5.11 Å². The van der Waals surface area contributed by atoms with Crippen LogP contribution in [-0.2, 0) is 13.2 Å². The maximum absolute atomic E-state index is 8.94. The third-order valence-corrected chi connectivity index (χ3v) is 3.34. The van der Waals surface area contributed by atoms with Crippen molar-refractivity contribution in [3.63, 3.8) is 0 Å². The number of aromatic nitrogens is 3. The molecule has 2 heterocycles. The summed E-state index contributed by atoms with van der Waals surface area (Å²) in [5, 5.41) is 16.9. The molecule has 0 unspecified atom stereocenters. The summed E-state index contributed by atoms with van der Waals surface area (Å²) >= 11 is 0. The van der Waals surface area contributed by atoms with Crippen LogP contribution in [0.4, 0.5) is 0 Å². The number of aliphatic hydroxyl groups excluding tert-OH is 1. The van der Waals surface area contributed by atoms with E-state index in [1.165, 1.54) is 38.9 Å². The summed E-state index contributed by atoms with van der Waals surface area (Å²) in [6.45, 7) is 6.75. The number of hydrogen-bond acceptors (Lipinski definition) is 4. The summed E-state index contributed by atoms with van der Waals surface area (Å²) in [4.78, 5) is 2.54. The highest BCUT2D eigenvalue weighted by atomic mass is 16.3. The first-order chi connectivity index (χ1) is 8.31. The minimum Gasteiger partial charge on any atom is -0.390 e. The van der Waals surface area contributed by atoms with Crippen LogP contribution in [0.1, 0.15) is 31.9 Å². The average molecular weight is 238 g/mol. The lowest BCUT2D eigenvalue weighted by Crippen LogP contribution is -2.37. The van der Waals surface area contributed by atoms with Crippen molar-refractivity contribution in [1.29, 1.82) is 0 Å². The summed E-state index contributed by atoms with van der Waals surface area (Å²) < 4.78 is 1.87. The number of rotatable bonds is 5. The van der Waals surface area contributed by atoms with Crippen molar-refractivity contribution in [1.82, 2.24) is 19.9 Å². The van der Waals surface area contributed by atoms with Gasteiger partial charge in [-0.05, 0) is 38.3 Å². The van der Waals surface area contributed by atoms with Crippen LogP contribution in [0.25, 0.3) is 0 Å². The summed E-state index contributed by atoms with van der Waals surface area (Å²) in [5.41, 5.74) is 0.659. The molecule has 96 valence electrons. The van der Waals surface area contributed by atoms with Gasteiger partial charge in [-0.15, -0.1) is 5.10 Å². The van der Waals surface area contributed by atoms with Gasteiger partial charge in [-0.2, -0.15) is 0 Å². The molecule has 0 aromatic carbocycles. The number of likely N-dealkylation sites (tertiary alicyclic amines) is 1. The van der Waals surface area contributed by atoms with Gasteiger partial charge in [-0.1, -0.05) is 12.1 Å². The Balaban J connectivity index is 1.85. The molecule has 1 aromatic heterocycles. The van der Waals surface area contributed by atoms with Crippen LogP contribution < -0.4 is 0 Å². The zero-order valence-corrected chi connectivity index (χ0v) is 10.5. The molecule has 0 spiro atoms. The first-order valence-electron chi connectivity index (χ1n) is 6.54. The smallest absolute Gasteiger partial charge is 0.108 e. The average Bonchev–Trinajstić information content (AvgIpc) is 2.78. The SMILES string of the molecule is CCCN1CCC[C@@H](Cn2cc(CO)nn2)C1. The van der Waals surface area contributed by atoms with Gasteiger partial charge < -0.3 is 10.0 Å². The summed E-state index contributed by atoms with van der Waals surface area (Å²) in [5.74, 6) is 0.670. The molecule has 1 N–H and O–H groups in total. The van der Waals surface area contributed by atoms with Gasteiger partial charge in [-0.25, -0.2) is 0 Å². The van der Waals surface area contributed by atoms with Crippen LogP contribution >= 0.6 is 0 Å². The van der Waals surface area contributed by atoms with E-state index in [1.54, 1.807) is 0 Å². The first kappa shape index (κ1) is 12.5. The maximum Gasteiger partial charge on any atom is 0.108 e. The van der Waals surface area contributed by atoms with Crippen LogP contribution in [0.2, 0.25) is 0 Å². The Morgan fingerprint density at radius 2 is 2.41 bits per heavy atom. The zero-order chi connectivity index (χ0) is 12.1. The topological polar surface area (TPSA) is 54.2 Å². The van der Waals surface area contributed by atoms with Gasteiger partial charge in [0.15, 0.2) is 0 Å². The first-order valence-corrected chi connectivity index (χ1v) is 6.54. The summed E-state index contributed by atoms with van der Waals surface area (Å²) in [6.07, 6.45) is 5.63. The van der Waals surface area contributed by atoms with E-state index in [9.17, 15) is 0 Å². The lowest BCUT2D eigenvalue weighted by atomic mass is 9.98. The van der Waals surface area contributed by atoms with Crippen LogP contribution in [0.5, 0.6) is 0 Å². The van der Waals surface area contributed by atoms with Gasteiger partial charge >= 0.3 is 0 Å². The van der Waals surface area contributed by atoms with Gasteiger partial charge in [0.2, 0.25) is 0 Å². The Morgan fingerprint density at radius 1 is 1.53 bits per heavy atom. The van der Waals surface area contributed by atoms with E-state index >= 15 is 0 Å². The Kier molecular flexibility index (Phi) is 4.50. The van der Waals surface area contributed by atoms with Gasteiger partial charge in [0.1, 0.15) is 5.69 Å². The molecule has 0 radical (unpaired) electrons. The molecule has 1 aromatic rings. The highest BCUT2D eigenvalue weighted by Gasteiger charge is 2.19. The molecule has 5 nitrogen and oxygen atoms in total. The van der Waals surface area contributed by atoms with Crippen molar-refractivity contribution >= 4 is 0 Å². The number of nitrogens with zero attached hydrogens (tertiary/aromatic N) is 4. The second kappa shape index (κ2) is 6.12. The van der Waals surface area contributed by atoms with E-state index < -0.39 is 0 Å². The number of piperidine rings is 1. The molecule has 2 rings (SSSR count). The third kappa shape index (κ3) is 3.51. The van der Waals surface area contributed by atoms with Gasteiger partial charge in [0.25, 0.3) is 0 Å². The Morgan fingerprint density at radius 3 is 3.12 bits per heavy atom. The maximum atomic E-state index is 8.94. The lowest BCUT2D eigenvalue weighted by molar-refractivity contribution is 0.159. The van der Waals surface area contributed by atoms with Crippen LogP contribution in [-0.4, -0.2) is 44.6 Å². The van der Waals surface area contributed by atoms with Crippen molar-refractivity contribution in [2.24, 2.45) is 5.92 Å². The van der Waals surface area contributed by atoms with E-state index in [0.29, 0.717) is 11.6 Å². The van der Waals surface area contributed by atoms with Crippen molar-refractivity contribution in [3.05, 3.63) is 11.9 Å². The molecule has 5 heteroatoms. The van der Waals surface area contributed by atoms with Crippen molar-refractivity contribution in [3.8, 4) is 0 Å². The van der Waals surface area contributed by atoms with Gasteiger partial charge in [0.05, 0.1) is 12.8 Å². The molecule has 0 amide bonds. The monoisotopic (exact) mass is 238 g/mol. The standard InChI is InChI=1S/C12H22N4O/c1-2-5-15-6-3-4-11(7-15)8-16-9-12(10-17)13-14-16/h9,11,17H,2-8,10H2,1H3/t11-/m1/s1.